The molecule has 2 aromatic rings. The maximum atomic E-state index is 12.1. The third-order valence-corrected chi connectivity index (χ3v) is 3.77. The van der Waals surface area contributed by atoms with Crippen LogP contribution in [0.5, 0.6) is 5.75 Å². The molecule has 0 aliphatic carbocycles. The smallest absolute Gasteiger partial charge is 0.260 e. The molecule has 0 fully saturated rings. The first-order valence-corrected chi connectivity index (χ1v) is 7.43. The molecule has 2 rings (SSSR count). The maximum Gasteiger partial charge on any atom is 0.260 e. The van der Waals surface area contributed by atoms with Crippen LogP contribution in [0.2, 0.25) is 0 Å². The number of rotatable bonds is 5. The molecule has 3 nitrogen and oxygen atoms in total. The van der Waals surface area contributed by atoms with Crippen molar-refractivity contribution in [3.05, 3.63) is 42.5 Å². The van der Waals surface area contributed by atoms with Gasteiger partial charge in [0, 0.05) is 6.04 Å². The highest BCUT2D eigenvalue weighted by Gasteiger charge is 2.18. The molecule has 112 valence electrons. The fourth-order valence-corrected chi connectivity index (χ4v) is 2.01. The van der Waals surface area contributed by atoms with Gasteiger partial charge in [0.05, 0.1) is 0 Å². The average molecular weight is 285 g/mol. The first-order valence-electron chi connectivity index (χ1n) is 7.43. The van der Waals surface area contributed by atoms with Crippen molar-refractivity contribution < 1.29 is 9.53 Å². The van der Waals surface area contributed by atoms with E-state index in [-0.39, 0.29) is 11.9 Å². The van der Waals surface area contributed by atoms with Gasteiger partial charge in [0.1, 0.15) is 5.75 Å². The van der Waals surface area contributed by atoms with E-state index in [0.717, 1.165) is 10.8 Å². The molecule has 0 saturated carbocycles. The molecule has 0 unspecified atom stereocenters. The first kappa shape index (κ1) is 15.4. The van der Waals surface area contributed by atoms with Crippen LogP contribution in [-0.4, -0.2) is 18.1 Å². The summed E-state index contributed by atoms with van der Waals surface area (Å²) >= 11 is 0. The van der Waals surface area contributed by atoms with E-state index in [4.69, 9.17) is 4.74 Å². The van der Waals surface area contributed by atoms with Crippen molar-refractivity contribution in [3.8, 4) is 5.75 Å². The van der Waals surface area contributed by atoms with Gasteiger partial charge in [0.2, 0.25) is 0 Å². The van der Waals surface area contributed by atoms with E-state index in [1.165, 1.54) is 0 Å². The molecule has 0 radical (unpaired) electrons. The number of ether oxygens (including phenoxy) is 1. The van der Waals surface area contributed by atoms with Crippen molar-refractivity contribution in [1.82, 2.24) is 5.32 Å². The molecule has 0 heterocycles. The number of hydrogen-bond donors (Lipinski definition) is 1. The number of fused-ring (bicyclic) bond motifs is 1. The second-order valence-electron chi connectivity index (χ2n) is 5.81. The lowest BCUT2D eigenvalue weighted by molar-refractivity contribution is -0.128. The van der Waals surface area contributed by atoms with Gasteiger partial charge < -0.3 is 10.1 Å². The van der Waals surface area contributed by atoms with Crippen LogP contribution < -0.4 is 10.1 Å². The van der Waals surface area contributed by atoms with Crippen LogP contribution in [0.4, 0.5) is 0 Å². The third kappa shape index (κ3) is 3.97. The Morgan fingerprint density at radius 1 is 1.00 bits per heavy atom. The minimum absolute atomic E-state index is 0.0793. The average Bonchev–Trinajstić information content (AvgIpc) is 2.46. The van der Waals surface area contributed by atoms with Crippen LogP contribution in [0.25, 0.3) is 10.8 Å². The van der Waals surface area contributed by atoms with Crippen LogP contribution in [0.1, 0.15) is 27.7 Å². The van der Waals surface area contributed by atoms with Gasteiger partial charge in [-0.05, 0) is 42.7 Å². The normalized spacial score (nSPS) is 14.0. The molecule has 0 bridgehead atoms. The standard InChI is InChI=1S/C18H23NO2/c1-12(2)13(3)19-18(20)14(4)21-17-10-9-15-7-5-6-8-16(15)11-17/h5-14H,1-4H3,(H,19,20)/t13-,14-/m1/s1. The minimum Gasteiger partial charge on any atom is -0.481 e. The summed E-state index contributed by atoms with van der Waals surface area (Å²) in [6.07, 6.45) is -0.507. The molecule has 1 amide bonds. The SMILES string of the molecule is CC(C)[C@@H](C)NC(=O)[C@@H](C)Oc1ccc2ccccc2c1. The summed E-state index contributed by atoms with van der Waals surface area (Å²) in [5, 5.41) is 5.24. The Hall–Kier alpha value is -2.03. The van der Waals surface area contributed by atoms with E-state index >= 15 is 0 Å². The van der Waals surface area contributed by atoms with Crippen molar-refractivity contribution >= 4 is 16.7 Å². The lowest BCUT2D eigenvalue weighted by Crippen LogP contribution is -2.43. The zero-order chi connectivity index (χ0) is 15.4. The number of carbonyl (C=O) groups excluding carboxylic acids is 1. The summed E-state index contributed by atoms with van der Waals surface area (Å²) in [5.41, 5.74) is 0. The van der Waals surface area contributed by atoms with Crippen molar-refractivity contribution in [2.24, 2.45) is 5.92 Å². The summed E-state index contributed by atoms with van der Waals surface area (Å²) in [6, 6.07) is 14.1. The molecular weight excluding hydrogens is 262 g/mol. The highest BCUT2D eigenvalue weighted by Crippen LogP contribution is 2.21. The Morgan fingerprint density at radius 2 is 1.67 bits per heavy atom. The molecule has 1 N–H and O–H groups in total. The van der Waals surface area contributed by atoms with Gasteiger partial charge in [-0.2, -0.15) is 0 Å². The minimum atomic E-state index is -0.507. The molecule has 0 spiro atoms. The number of benzene rings is 2. The van der Waals surface area contributed by atoms with E-state index in [1.54, 1.807) is 6.92 Å². The Kier molecular flexibility index (Phi) is 4.84. The van der Waals surface area contributed by atoms with Gasteiger partial charge in [0.25, 0.3) is 5.91 Å². The third-order valence-electron chi connectivity index (χ3n) is 3.77. The van der Waals surface area contributed by atoms with Crippen molar-refractivity contribution in [1.29, 1.82) is 0 Å². The predicted octanol–water partition coefficient (Wildman–Crippen LogP) is 3.77. The Morgan fingerprint density at radius 3 is 2.33 bits per heavy atom. The zero-order valence-electron chi connectivity index (χ0n) is 13.1. The first-order chi connectivity index (χ1) is 9.97. The van der Waals surface area contributed by atoms with E-state index in [0.29, 0.717) is 11.7 Å². The second-order valence-corrected chi connectivity index (χ2v) is 5.81. The Bertz CT molecular complexity index is 621. The molecule has 0 aliphatic rings. The second kappa shape index (κ2) is 6.61. The van der Waals surface area contributed by atoms with Gasteiger partial charge in [-0.1, -0.05) is 44.2 Å². The van der Waals surface area contributed by atoms with Crippen molar-refractivity contribution in [2.45, 2.75) is 39.8 Å². The Balaban J connectivity index is 2.03. The van der Waals surface area contributed by atoms with Gasteiger partial charge >= 0.3 is 0 Å². The van der Waals surface area contributed by atoms with E-state index in [1.807, 2.05) is 43.3 Å². The lowest BCUT2D eigenvalue weighted by Gasteiger charge is -2.21. The molecule has 3 heteroatoms. The molecule has 21 heavy (non-hydrogen) atoms. The molecule has 2 atom stereocenters. The molecule has 0 saturated heterocycles. The van der Waals surface area contributed by atoms with E-state index < -0.39 is 6.10 Å². The maximum absolute atomic E-state index is 12.1. The van der Waals surface area contributed by atoms with Gasteiger partial charge in [-0.3, -0.25) is 4.79 Å². The number of amides is 1. The quantitative estimate of drug-likeness (QED) is 0.908. The summed E-state index contributed by atoms with van der Waals surface area (Å²) in [6.45, 7) is 7.95. The molecule has 2 aromatic carbocycles. The number of nitrogens with one attached hydrogen (secondary N) is 1. The summed E-state index contributed by atoms with van der Waals surface area (Å²) in [5.74, 6) is 1.04. The summed E-state index contributed by atoms with van der Waals surface area (Å²) in [4.78, 5) is 12.1. The molecule has 0 aromatic heterocycles. The van der Waals surface area contributed by atoms with Crippen LogP contribution in [0, 0.1) is 5.92 Å². The van der Waals surface area contributed by atoms with E-state index in [2.05, 4.69) is 25.2 Å². The predicted molar refractivity (Wildman–Crippen MR) is 86.5 cm³/mol. The van der Waals surface area contributed by atoms with Crippen LogP contribution in [-0.2, 0) is 4.79 Å². The van der Waals surface area contributed by atoms with Crippen molar-refractivity contribution in [3.63, 3.8) is 0 Å². The van der Waals surface area contributed by atoms with Crippen LogP contribution >= 0.6 is 0 Å². The van der Waals surface area contributed by atoms with Crippen LogP contribution in [0.15, 0.2) is 42.5 Å². The largest absolute Gasteiger partial charge is 0.481 e. The highest BCUT2D eigenvalue weighted by atomic mass is 16.5. The number of carbonyl (C=O) groups is 1. The fourth-order valence-electron chi connectivity index (χ4n) is 2.01. The molecule has 0 aliphatic heterocycles. The van der Waals surface area contributed by atoms with E-state index in [9.17, 15) is 4.79 Å². The monoisotopic (exact) mass is 285 g/mol. The summed E-state index contributed by atoms with van der Waals surface area (Å²) in [7, 11) is 0. The Labute approximate surface area is 126 Å². The zero-order valence-corrected chi connectivity index (χ0v) is 13.1. The van der Waals surface area contributed by atoms with Gasteiger partial charge in [-0.25, -0.2) is 0 Å². The van der Waals surface area contributed by atoms with Crippen LogP contribution in [0.3, 0.4) is 0 Å². The van der Waals surface area contributed by atoms with Crippen molar-refractivity contribution in [2.75, 3.05) is 0 Å². The lowest BCUT2D eigenvalue weighted by atomic mass is 10.1. The molecular formula is C18H23NO2. The highest BCUT2D eigenvalue weighted by molar-refractivity contribution is 5.84. The fraction of sp³-hybridized carbons (Fsp3) is 0.389. The van der Waals surface area contributed by atoms with Gasteiger partial charge in [0.15, 0.2) is 6.10 Å². The van der Waals surface area contributed by atoms with Gasteiger partial charge in [-0.15, -0.1) is 0 Å². The number of hydrogen-bond acceptors (Lipinski definition) is 2. The topological polar surface area (TPSA) is 38.3 Å². The summed E-state index contributed by atoms with van der Waals surface area (Å²) < 4.78 is 5.75.